The molecular formula is C18H15Br2N. The molecule has 0 aliphatic heterocycles. The average Bonchev–Trinajstić information content (AvgIpc) is 2.50. The monoisotopic (exact) mass is 403 g/mol. The van der Waals surface area contributed by atoms with Crippen molar-refractivity contribution in [2.75, 3.05) is 0 Å². The van der Waals surface area contributed by atoms with E-state index in [2.05, 4.69) is 93.2 Å². The Labute approximate surface area is 141 Å². The molecule has 3 heteroatoms. The standard InChI is InChI=1S/C18H15Br2N/c1-11(2)10-21-12-7-8-15-16(9-12)18(20)14-6-4-3-5-13(14)17(15)19/h3-11H,1-2H3. The molecule has 0 radical (unpaired) electrons. The molecule has 0 atom stereocenters. The van der Waals surface area contributed by atoms with E-state index < -0.39 is 0 Å². The second kappa shape index (κ2) is 5.90. The Morgan fingerprint density at radius 2 is 1.43 bits per heavy atom. The molecule has 0 amide bonds. The van der Waals surface area contributed by atoms with E-state index in [0.717, 1.165) is 14.6 Å². The van der Waals surface area contributed by atoms with Gasteiger partial charge in [0.1, 0.15) is 0 Å². The summed E-state index contributed by atoms with van der Waals surface area (Å²) in [4.78, 5) is 4.55. The molecule has 0 aliphatic carbocycles. The number of fused-ring (bicyclic) bond motifs is 2. The predicted octanol–water partition coefficient (Wildman–Crippen LogP) is 6.88. The predicted molar refractivity (Wildman–Crippen MR) is 99.8 cm³/mol. The third-order valence-electron chi connectivity index (χ3n) is 3.40. The van der Waals surface area contributed by atoms with Gasteiger partial charge >= 0.3 is 0 Å². The summed E-state index contributed by atoms with van der Waals surface area (Å²) < 4.78 is 2.26. The summed E-state index contributed by atoms with van der Waals surface area (Å²) in [6.07, 6.45) is 1.98. The van der Waals surface area contributed by atoms with Crippen LogP contribution in [-0.4, -0.2) is 6.21 Å². The van der Waals surface area contributed by atoms with Crippen LogP contribution in [0.3, 0.4) is 0 Å². The van der Waals surface area contributed by atoms with Crippen LogP contribution >= 0.6 is 31.9 Å². The summed E-state index contributed by atoms with van der Waals surface area (Å²) in [5.41, 5.74) is 0.985. The minimum Gasteiger partial charge on any atom is -0.261 e. The van der Waals surface area contributed by atoms with E-state index in [1.54, 1.807) is 0 Å². The molecule has 3 aromatic rings. The highest BCUT2D eigenvalue weighted by Crippen LogP contribution is 2.40. The van der Waals surface area contributed by atoms with E-state index >= 15 is 0 Å². The lowest BCUT2D eigenvalue weighted by Gasteiger charge is -2.10. The minimum atomic E-state index is 0.451. The fourth-order valence-corrected chi connectivity index (χ4v) is 3.74. The first kappa shape index (κ1) is 14.7. The van der Waals surface area contributed by atoms with E-state index in [9.17, 15) is 0 Å². The van der Waals surface area contributed by atoms with E-state index in [4.69, 9.17) is 0 Å². The van der Waals surface area contributed by atoms with Crippen LogP contribution in [0.2, 0.25) is 0 Å². The van der Waals surface area contributed by atoms with Crippen LogP contribution < -0.4 is 0 Å². The molecule has 3 rings (SSSR count). The van der Waals surface area contributed by atoms with Gasteiger partial charge in [0.25, 0.3) is 0 Å². The molecule has 0 aromatic heterocycles. The van der Waals surface area contributed by atoms with Crippen molar-refractivity contribution in [3.8, 4) is 0 Å². The first-order chi connectivity index (χ1) is 10.1. The van der Waals surface area contributed by atoms with E-state index in [1.165, 1.54) is 21.5 Å². The minimum absolute atomic E-state index is 0.451. The van der Waals surface area contributed by atoms with Crippen LogP contribution in [0.15, 0.2) is 56.4 Å². The molecule has 3 aromatic carbocycles. The number of benzene rings is 3. The molecule has 0 N–H and O–H groups in total. The Balaban J connectivity index is 2.30. The third-order valence-corrected chi connectivity index (χ3v) is 5.11. The van der Waals surface area contributed by atoms with Gasteiger partial charge in [0.2, 0.25) is 0 Å². The van der Waals surface area contributed by atoms with E-state index in [0.29, 0.717) is 5.92 Å². The van der Waals surface area contributed by atoms with Crippen molar-refractivity contribution in [3.05, 3.63) is 51.4 Å². The normalized spacial score (nSPS) is 12.0. The molecule has 0 aliphatic rings. The van der Waals surface area contributed by atoms with Crippen LogP contribution in [0.4, 0.5) is 5.69 Å². The maximum Gasteiger partial charge on any atom is 0.0632 e. The molecule has 0 fully saturated rings. The van der Waals surface area contributed by atoms with Crippen molar-refractivity contribution in [2.45, 2.75) is 13.8 Å². The Morgan fingerprint density at radius 3 is 2.05 bits per heavy atom. The smallest absolute Gasteiger partial charge is 0.0632 e. The summed E-state index contributed by atoms with van der Waals surface area (Å²) in [7, 11) is 0. The molecule has 0 bridgehead atoms. The fourth-order valence-electron chi connectivity index (χ4n) is 2.38. The van der Waals surface area contributed by atoms with Gasteiger partial charge in [-0.1, -0.05) is 44.2 Å². The maximum atomic E-state index is 4.55. The summed E-state index contributed by atoms with van der Waals surface area (Å²) in [6, 6.07) is 14.7. The zero-order chi connectivity index (χ0) is 15.0. The van der Waals surface area contributed by atoms with Gasteiger partial charge in [0.05, 0.1) is 5.69 Å². The second-order valence-corrected chi connectivity index (χ2v) is 7.01. The lowest BCUT2D eigenvalue weighted by atomic mass is 10.0. The quantitative estimate of drug-likeness (QED) is 0.326. The van der Waals surface area contributed by atoms with Crippen molar-refractivity contribution in [2.24, 2.45) is 10.9 Å². The average molecular weight is 405 g/mol. The molecule has 0 unspecified atom stereocenters. The number of hydrogen-bond acceptors (Lipinski definition) is 1. The molecule has 21 heavy (non-hydrogen) atoms. The summed E-state index contributed by atoms with van der Waals surface area (Å²) >= 11 is 7.50. The number of hydrogen-bond donors (Lipinski definition) is 0. The van der Waals surface area contributed by atoms with Gasteiger partial charge in [-0.25, -0.2) is 0 Å². The fraction of sp³-hybridized carbons (Fsp3) is 0.167. The van der Waals surface area contributed by atoms with Crippen molar-refractivity contribution in [1.82, 2.24) is 0 Å². The van der Waals surface area contributed by atoms with Gasteiger partial charge in [-0.2, -0.15) is 0 Å². The second-order valence-electron chi connectivity index (χ2n) is 5.43. The Bertz CT molecular complexity index is 851. The van der Waals surface area contributed by atoms with Crippen molar-refractivity contribution in [3.63, 3.8) is 0 Å². The molecule has 0 spiro atoms. The number of rotatable bonds is 2. The lowest BCUT2D eigenvalue weighted by Crippen LogP contribution is -1.86. The topological polar surface area (TPSA) is 12.4 Å². The van der Waals surface area contributed by atoms with E-state index in [1.807, 2.05) is 6.21 Å². The molecule has 0 heterocycles. The van der Waals surface area contributed by atoms with Gasteiger partial charge in [-0.05, 0) is 71.5 Å². The number of aliphatic imine (C=N–C) groups is 1. The number of nitrogens with zero attached hydrogens (tertiary/aromatic N) is 1. The highest BCUT2D eigenvalue weighted by molar-refractivity contribution is 9.11. The Morgan fingerprint density at radius 1 is 0.857 bits per heavy atom. The first-order valence-corrected chi connectivity index (χ1v) is 8.50. The van der Waals surface area contributed by atoms with Crippen molar-refractivity contribution >= 4 is 65.3 Å². The summed E-state index contributed by atoms with van der Waals surface area (Å²) in [5, 5.41) is 4.81. The summed E-state index contributed by atoms with van der Waals surface area (Å²) in [5.74, 6) is 0.451. The van der Waals surface area contributed by atoms with Crippen LogP contribution in [0.5, 0.6) is 0 Å². The van der Waals surface area contributed by atoms with Crippen LogP contribution in [0.1, 0.15) is 13.8 Å². The van der Waals surface area contributed by atoms with Gasteiger partial charge in [-0.3, -0.25) is 4.99 Å². The SMILES string of the molecule is CC(C)C=Nc1ccc2c(Br)c3ccccc3c(Br)c2c1. The van der Waals surface area contributed by atoms with Crippen molar-refractivity contribution < 1.29 is 0 Å². The molecule has 0 saturated heterocycles. The van der Waals surface area contributed by atoms with Crippen LogP contribution in [0.25, 0.3) is 21.5 Å². The van der Waals surface area contributed by atoms with Gasteiger partial charge in [0.15, 0.2) is 0 Å². The Hall–Kier alpha value is -1.19. The van der Waals surface area contributed by atoms with Crippen LogP contribution in [0, 0.1) is 5.92 Å². The third kappa shape index (κ3) is 2.77. The van der Waals surface area contributed by atoms with Crippen molar-refractivity contribution in [1.29, 1.82) is 0 Å². The largest absolute Gasteiger partial charge is 0.261 e. The van der Waals surface area contributed by atoms with Crippen LogP contribution in [-0.2, 0) is 0 Å². The molecule has 1 nitrogen and oxygen atoms in total. The lowest BCUT2D eigenvalue weighted by molar-refractivity contribution is 0.907. The summed E-state index contributed by atoms with van der Waals surface area (Å²) in [6.45, 7) is 4.26. The number of halogens is 2. The van der Waals surface area contributed by atoms with E-state index in [-0.39, 0.29) is 0 Å². The molecule has 0 saturated carbocycles. The van der Waals surface area contributed by atoms with Gasteiger partial charge < -0.3 is 0 Å². The highest BCUT2D eigenvalue weighted by Gasteiger charge is 2.10. The molecular weight excluding hydrogens is 390 g/mol. The Kier molecular flexibility index (Phi) is 4.14. The molecule has 106 valence electrons. The zero-order valence-corrected chi connectivity index (χ0v) is 15.1. The maximum absolute atomic E-state index is 4.55. The first-order valence-electron chi connectivity index (χ1n) is 6.91. The van der Waals surface area contributed by atoms with Gasteiger partial charge in [-0.15, -0.1) is 0 Å². The van der Waals surface area contributed by atoms with Gasteiger partial charge in [0, 0.05) is 15.2 Å². The highest BCUT2D eigenvalue weighted by atomic mass is 79.9. The zero-order valence-electron chi connectivity index (χ0n) is 11.9.